The second-order valence-corrected chi connectivity index (χ2v) is 5.16. The number of carbonyl (C=O) groups excluding carboxylic acids is 2. The Balaban J connectivity index is 2.28. The van der Waals surface area contributed by atoms with Crippen LogP contribution in [0, 0.1) is 10.1 Å². The van der Waals surface area contributed by atoms with E-state index in [9.17, 15) is 19.7 Å². The first-order valence-electron chi connectivity index (χ1n) is 7.33. The number of anilines is 1. The molecule has 0 radical (unpaired) electrons. The first kappa shape index (κ1) is 17.9. The van der Waals surface area contributed by atoms with Crippen LogP contribution in [0.5, 0.6) is 0 Å². The lowest BCUT2D eigenvalue weighted by atomic mass is 10.1. The van der Waals surface area contributed by atoms with E-state index in [1.807, 2.05) is 0 Å². The van der Waals surface area contributed by atoms with Crippen LogP contribution in [0.4, 0.5) is 11.4 Å². The predicted octanol–water partition coefficient (Wildman–Crippen LogP) is 3.51. The minimum Gasteiger partial charge on any atom is -0.465 e. The fourth-order valence-corrected chi connectivity index (χ4v) is 2.14. The zero-order valence-electron chi connectivity index (χ0n) is 13.7. The maximum absolute atomic E-state index is 11.9. The molecule has 2 aromatic carbocycles. The van der Waals surface area contributed by atoms with E-state index in [4.69, 9.17) is 4.74 Å². The minimum absolute atomic E-state index is 0.0183. The lowest BCUT2D eigenvalue weighted by molar-refractivity contribution is -0.384. The molecule has 7 heteroatoms. The van der Waals surface area contributed by atoms with Crippen LogP contribution in [-0.2, 0) is 9.53 Å². The summed E-state index contributed by atoms with van der Waals surface area (Å²) in [6, 6.07) is 11.0. The molecule has 0 saturated heterocycles. The van der Waals surface area contributed by atoms with E-state index in [-0.39, 0.29) is 17.2 Å². The van der Waals surface area contributed by atoms with Gasteiger partial charge in [0, 0.05) is 19.1 Å². The van der Waals surface area contributed by atoms with Crippen LogP contribution >= 0.6 is 0 Å². The summed E-state index contributed by atoms with van der Waals surface area (Å²) in [5.41, 5.74) is 2.11. The zero-order valence-corrected chi connectivity index (χ0v) is 13.7. The Labute approximate surface area is 144 Å². The number of hydrogen-bond donors (Lipinski definition) is 1. The number of methoxy groups -OCH3 is 1. The highest BCUT2D eigenvalue weighted by Gasteiger charge is 2.13. The van der Waals surface area contributed by atoms with E-state index < -0.39 is 10.9 Å². The predicted molar refractivity (Wildman–Crippen MR) is 94.1 cm³/mol. The van der Waals surface area contributed by atoms with Gasteiger partial charge in [-0.2, -0.15) is 0 Å². The van der Waals surface area contributed by atoms with E-state index in [0.717, 1.165) is 5.56 Å². The average molecular weight is 340 g/mol. The molecular formula is C18H16N2O5. The average Bonchev–Trinajstić information content (AvgIpc) is 2.60. The first-order chi connectivity index (χ1) is 11.9. The molecule has 2 aromatic rings. The van der Waals surface area contributed by atoms with Crippen molar-refractivity contribution in [3.8, 4) is 0 Å². The molecule has 128 valence electrons. The van der Waals surface area contributed by atoms with Gasteiger partial charge in [-0.15, -0.1) is 0 Å². The lowest BCUT2D eigenvalue weighted by Crippen LogP contribution is -2.12. The Hall–Kier alpha value is -3.48. The van der Waals surface area contributed by atoms with Gasteiger partial charge < -0.3 is 10.1 Å². The van der Waals surface area contributed by atoms with Crippen molar-refractivity contribution in [1.29, 1.82) is 0 Å². The van der Waals surface area contributed by atoms with Crippen molar-refractivity contribution >= 4 is 35.4 Å². The number of benzene rings is 2. The number of nitro groups is 1. The Morgan fingerprint density at radius 3 is 2.24 bits per heavy atom. The molecule has 7 nitrogen and oxygen atoms in total. The molecule has 0 atom stereocenters. The molecule has 0 heterocycles. The topological polar surface area (TPSA) is 98.5 Å². The number of amides is 1. The van der Waals surface area contributed by atoms with Gasteiger partial charge in [0.1, 0.15) is 0 Å². The van der Waals surface area contributed by atoms with Gasteiger partial charge in [-0.3, -0.25) is 14.9 Å². The fraction of sp³-hybridized carbons (Fsp3) is 0.111. The molecule has 0 aliphatic heterocycles. The van der Waals surface area contributed by atoms with Crippen LogP contribution in [0.25, 0.3) is 12.2 Å². The van der Waals surface area contributed by atoms with Crippen LogP contribution in [0.1, 0.15) is 28.4 Å². The standard InChI is InChI=1S/C18H16N2O5/c1-12(21)19-17-10-7-14(11-16(17)18(22)25-2)4-3-13-5-8-15(9-6-13)20(23)24/h3-11H,1-2H3,(H,19,21). The van der Waals surface area contributed by atoms with E-state index >= 15 is 0 Å². The third-order valence-electron chi connectivity index (χ3n) is 3.33. The Morgan fingerprint density at radius 2 is 1.68 bits per heavy atom. The van der Waals surface area contributed by atoms with Crippen LogP contribution in [0.2, 0.25) is 0 Å². The number of carbonyl (C=O) groups is 2. The lowest BCUT2D eigenvalue weighted by Gasteiger charge is -2.09. The molecule has 0 fully saturated rings. The number of non-ortho nitro benzene ring substituents is 1. The molecule has 1 N–H and O–H groups in total. The number of nitrogens with one attached hydrogen (secondary N) is 1. The zero-order chi connectivity index (χ0) is 18.4. The van der Waals surface area contributed by atoms with Gasteiger partial charge in [-0.05, 0) is 35.4 Å². The summed E-state index contributed by atoms with van der Waals surface area (Å²) >= 11 is 0. The van der Waals surface area contributed by atoms with Crippen molar-refractivity contribution in [2.45, 2.75) is 6.92 Å². The van der Waals surface area contributed by atoms with E-state index in [1.54, 1.807) is 42.5 Å². The molecule has 0 saturated carbocycles. The molecule has 0 aromatic heterocycles. The largest absolute Gasteiger partial charge is 0.465 e. The number of hydrogen-bond acceptors (Lipinski definition) is 5. The SMILES string of the molecule is COC(=O)c1cc(C=Cc2ccc([N+](=O)[O-])cc2)ccc1NC(C)=O. The minimum atomic E-state index is -0.561. The summed E-state index contributed by atoms with van der Waals surface area (Å²) in [6.07, 6.45) is 3.52. The van der Waals surface area contributed by atoms with Crippen molar-refractivity contribution in [3.05, 3.63) is 69.3 Å². The third-order valence-corrected chi connectivity index (χ3v) is 3.33. The highest BCUT2D eigenvalue weighted by molar-refractivity contribution is 6.01. The van der Waals surface area contributed by atoms with Crippen molar-refractivity contribution < 1.29 is 19.2 Å². The fourth-order valence-electron chi connectivity index (χ4n) is 2.14. The van der Waals surface area contributed by atoms with E-state index in [1.165, 1.54) is 26.2 Å². The van der Waals surface area contributed by atoms with Gasteiger partial charge in [-0.25, -0.2) is 4.79 Å². The summed E-state index contributed by atoms with van der Waals surface area (Å²) in [5.74, 6) is -0.853. The molecule has 0 unspecified atom stereocenters. The maximum atomic E-state index is 11.9. The summed E-state index contributed by atoms with van der Waals surface area (Å²) in [6.45, 7) is 1.35. The number of nitro benzene ring substituents is 1. The molecule has 2 rings (SSSR count). The van der Waals surface area contributed by atoms with Crippen molar-refractivity contribution in [3.63, 3.8) is 0 Å². The van der Waals surface area contributed by atoms with Crippen LogP contribution < -0.4 is 5.32 Å². The van der Waals surface area contributed by atoms with Crippen LogP contribution in [0.3, 0.4) is 0 Å². The quantitative estimate of drug-likeness (QED) is 0.389. The second-order valence-electron chi connectivity index (χ2n) is 5.16. The Bertz CT molecular complexity index is 841. The van der Waals surface area contributed by atoms with E-state index in [2.05, 4.69) is 5.32 Å². The number of ether oxygens (including phenoxy) is 1. The smallest absolute Gasteiger partial charge is 0.339 e. The summed E-state index contributed by atoms with van der Waals surface area (Å²) in [7, 11) is 1.26. The molecule has 0 aliphatic rings. The van der Waals surface area contributed by atoms with Gasteiger partial charge >= 0.3 is 5.97 Å². The highest BCUT2D eigenvalue weighted by atomic mass is 16.6. The molecule has 0 spiro atoms. The number of rotatable bonds is 5. The molecule has 0 bridgehead atoms. The summed E-state index contributed by atoms with van der Waals surface area (Å²) in [4.78, 5) is 33.3. The van der Waals surface area contributed by atoms with Crippen molar-refractivity contribution in [2.75, 3.05) is 12.4 Å². The van der Waals surface area contributed by atoms with Gasteiger partial charge in [0.25, 0.3) is 5.69 Å². The monoisotopic (exact) mass is 340 g/mol. The molecule has 1 amide bonds. The second kappa shape index (κ2) is 7.87. The summed E-state index contributed by atoms with van der Waals surface area (Å²) < 4.78 is 4.73. The van der Waals surface area contributed by atoms with Gasteiger partial charge in [0.05, 0.1) is 23.3 Å². The number of nitrogens with zero attached hydrogens (tertiary/aromatic N) is 1. The third kappa shape index (κ3) is 4.74. The Morgan fingerprint density at radius 1 is 1.08 bits per heavy atom. The van der Waals surface area contributed by atoms with Gasteiger partial charge in [0.2, 0.25) is 5.91 Å². The molecule has 25 heavy (non-hydrogen) atoms. The van der Waals surface area contributed by atoms with Gasteiger partial charge in [0.15, 0.2) is 0 Å². The van der Waals surface area contributed by atoms with E-state index in [0.29, 0.717) is 11.3 Å². The first-order valence-corrected chi connectivity index (χ1v) is 7.33. The normalized spacial score (nSPS) is 10.5. The number of esters is 1. The maximum Gasteiger partial charge on any atom is 0.339 e. The van der Waals surface area contributed by atoms with Crippen molar-refractivity contribution in [2.24, 2.45) is 0 Å². The van der Waals surface area contributed by atoms with Crippen molar-refractivity contribution in [1.82, 2.24) is 0 Å². The highest BCUT2D eigenvalue weighted by Crippen LogP contribution is 2.21. The summed E-state index contributed by atoms with van der Waals surface area (Å²) in [5, 5.41) is 13.2. The van der Waals surface area contributed by atoms with Gasteiger partial charge in [-0.1, -0.05) is 18.2 Å². The molecule has 0 aliphatic carbocycles. The Kier molecular flexibility index (Phi) is 5.62. The van der Waals surface area contributed by atoms with Crippen LogP contribution in [-0.4, -0.2) is 23.9 Å². The molecular weight excluding hydrogens is 324 g/mol. The van der Waals surface area contributed by atoms with Crippen LogP contribution in [0.15, 0.2) is 42.5 Å².